The topological polar surface area (TPSA) is 63.3 Å². The third-order valence-corrected chi connectivity index (χ3v) is 3.58. The van der Waals surface area contributed by atoms with Gasteiger partial charge < -0.3 is 10.8 Å². The van der Waals surface area contributed by atoms with E-state index >= 15 is 0 Å². The Morgan fingerprint density at radius 1 is 1.41 bits per heavy atom. The first-order chi connectivity index (χ1) is 7.94. The van der Waals surface area contributed by atoms with Gasteiger partial charge in [-0.1, -0.05) is 12.8 Å². The first-order valence-corrected chi connectivity index (χ1v) is 5.77. The summed E-state index contributed by atoms with van der Waals surface area (Å²) < 4.78 is 13.5. The summed E-state index contributed by atoms with van der Waals surface area (Å²) in [7, 11) is 0. The SMILES string of the molecule is Cc1cc(F)c(C(=O)O)cc1C1(N)CCCC1. The maximum Gasteiger partial charge on any atom is 0.338 e. The van der Waals surface area contributed by atoms with Crippen molar-refractivity contribution in [2.24, 2.45) is 5.73 Å². The smallest absolute Gasteiger partial charge is 0.338 e. The van der Waals surface area contributed by atoms with Crippen LogP contribution in [0.15, 0.2) is 12.1 Å². The molecule has 0 aliphatic heterocycles. The van der Waals surface area contributed by atoms with Crippen LogP contribution in [0, 0.1) is 12.7 Å². The van der Waals surface area contributed by atoms with Crippen LogP contribution in [-0.4, -0.2) is 11.1 Å². The molecule has 1 aliphatic rings. The molecule has 0 atom stereocenters. The summed E-state index contributed by atoms with van der Waals surface area (Å²) in [5.74, 6) is -1.94. The van der Waals surface area contributed by atoms with Crippen LogP contribution in [0.3, 0.4) is 0 Å². The predicted molar refractivity (Wildman–Crippen MR) is 62.4 cm³/mol. The van der Waals surface area contributed by atoms with Gasteiger partial charge in [0.15, 0.2) is 0 Å². The van der Waals surface area contributed by atoms with E-state index in [1.165, 1.54) is 12.1 Å². The molecule has 0 amide bonds. The minimum atomic E-state index is -1.25. The van der Waals surface area contributed by atoms with Crippen molar-refractivity contribution in [2.45, 2.75) is 38.1 Å². The Bertz CT molecular complexity index is 465. The number of rotatable bonds is 2. The fourth-order valence-corrected chi connectivity index (χ4v) is 2.65. The van der Waals surface area contributed by atoms with E-state index in [2.05, 4.69) is 0 Å². The number of carbonyl (C=O) groups is 1. The number of hydrogen-bond acceptors (Lipinski definition) is 2. The number of halogens is 1. The van der Waals surface area contributed by atoms with Crippen molar-refractivity contribution in [1.82, 2.24) is 0 Å². The predicted octanol–water partition coefficient (Wildman–Crippen LogP) is 2.56. The first-order valence-electron chi connectivity index (χ1n) is 5.77. The van der Waals surface area contributed by atoms with Gasteiger partial charge in [-0.3, -0.25) is 0 Å². The van der Waals surface area contributed by atoms with E-state index < -0.39 is 17.3 Å². The lowest BCUT2D eigenvalue weighted by atomic mass is 9.85. The van der Waals surface area contributed by atoms with Crippen LogP contribution >= 0.6 is 0 Å². The second-order valence-corrected chi connectivity index (χ2v) is 4.82. The highest BCUT2D eigenvalue weighted by molar-refractivity contribution is 5.88. The van der Waals surface area contributed by atoms with E-state index in [1.54, 1.807) is 6.92 Å². The van der Waals surface area contributed by atoms with E-state index in [1.807, 2.05) is 0 Å². The lowest BCUT2D eigenvalue weighted by Crippen LogP contribution is -2.34. The molecule has 0 bridgehead atoms. The summed E-state index contributed by atoms with van der Waals surface area (Å²) in [6.07, 6.45) is 3.74. The van der Waals surface area contributed by atoms with Crippen LogP contribution < -0.4 is 5.73 Å². The largest absolute Gasteiger partial charge is 0.478 e. The molecule has 0 spiro atoms. The monoisotopic (exact) mass is 237 g/mol. The molecule has 1 saturated carbocycles. The van der Waals surface area contributed by atoms with E-state index in [4.69, 9.17) is 10.8 Å². The van der Waals surface area contributed by atoms with Gasteiger partial charge in [0.2, 0.25) is 0 Å². The molecule has 0 heterocycles. The zero-order chi connectivity index (χ0) is 12.6. The van der Waals surface area contributed by atoms with Gasteiger partial charge in [-0.05, 0) is 43.0 Å². The Morgan fingerprint density at radius 2 is 2.00 bits per heavy atom. The number of aryl methyl sites for hydroxylation is 1. The standard InChI is InChI=1S/C13H16FNO2/c1-8-6-11(14)9(12(16)17)7-10(8)13(15)4-2-3-5-13/h6-7H,2-5,15H2,1H3,(H,16,17). The Labute approximate surface area is 99.4 Å². The van der Waals surface area contributed by atoms with Crippen molar-refractivity contribution >= 4 is 5.97 Å². The number of carboxylic acids is 1. The molecule has 1 fully saturated rings. The molecule has 1 aromatic carbocycles. The molecule has 0 saturated heterocycles. The average molecular weight is 237 g/mol. The molecule has 3 N–H and O–H groups in total. The Hall–Kier alpha value is -1.42. The number of aromatic carboxylic acids is 1. The van der Waals surface area contributed by atoms with Crippen molar-refractivity contribution in [1.29, 1.82) is 0 Å². The normalized spacial score (nSPS) is 18.3. The van der Waals surface area contributed by atoms with Gasteiger partial charge >= 0.3 is 5.97 Å². The van der Waals surface area contributed by atoms with Crippen LogP contribution in [0.5, 0.6) is 0 Å². The molecule has 4 heteroatoms. The van der Waals surface area contributed by atoms with Crippen molar-refractivity contribution in [3.8, 4) is 0 Å². The number of benzene rings is 1. The van der Waals surface area contributed by atoms with E-state index in [0.717, 1.165) is 36.8 Å². The summed E-state index contributed by atoms with van der Waals surface area (Å²) in [6.45, 7) is 1.77. The van der Waals surface area contributed by atoms with Gasteiger partial charge in [-0.15, -0.1) is 0 Å². The Balaban J connectivity index is 2.54. The summed E-state index contributed by atoms with van der Waals surface area (Å²) in [6, 6.07) is 2.67. The molecule has 92 valence electrons. The van der Waals surface area contributed by atoms with Gasteiger partial charge in [0.1, 0.15) is 5.82 Å². The zero-order valence-corrected chi connectivity index (χ0v) is 9.79. The summed E-state index contributed by atoms with van der Waals surface area (Å²) in [5.41, 5.74) is 7.02. The van der Waals surface area contributed by atoms with Gasteiger partial charge in [-0.25, -0.2) is 9.18 Å². The summed E-state index contributed by atoms with van der Waals surface area (Å²) in [4.78, 5) is 10.9. The lowest BCUT2D eigenvalue weighted by Gasteiger charge is -2.26. The second-order valence-electron chi connectivity index (χ2n) is 4.82. The maximum atomic E-state index is 13.5. The molecular weight excluding hydrogens is 221 g/mol. The molecule has 2 rings (SSSR count). The van der Waals surface area contributed by atoms with Crippen LogP contribution in [0.4, 0.5) is 4.39 Å². The minimum absolute atomic E-state index is 0.290. The molecule has 0 aromatic heterocycles. The van der Waals surface area contributed by atoms with Crippen molar-refractivity contribution < 1.29 is 14.3 Å². The van der Waals surface area contributed by atoms with Crippen LogP contribution in [0.25, 0.3) is 0 Å². The van der Waals surface area contributed by atoms with Crippen LogP contribution in [0.1, 0.15) is 47.2 Å². The van der Waals surface area contributed by atoms with Gasteiger partial charge in [-0.2, -0.15) is 0 Å². The Morgan fingerprint density at radius 3 is 2.53 bits per heavy atom. The molecule has 0 unspecified atom stereocenters. The second kappa shape index (κ2) is 4.11. The molecule has 17 heavy (non-hydrogen) atoms. The Kier molecular flexibility index (Phi) is 2.91. The first kappa shape index (κ1) is 12.0. The number of carboxylic acid groups (broad SMARTS) is 1. The van der Waals surface area contributed by atoms with E-state index in [0.29, 0.717) is 0 Å². The molecule has 1 aromatic rings. The maximum absolute atomic E-state index is 13.5. The zero-order valence-electron chi connectivity index (χ0n) is 9.79. The van der Waals surface area contributed by atoms with Crippen molar-refractivity contribution in [3.63, 3.8) is 0 Å². The van der Waals surface area contributed by atoms with Gasteiger partial charge in [0, 0.05) is 5.54 Å². The minimum Gasteiger partial charge on any atom is -0.478 e. The highest BCUT2D eigenvalue weighted by Crippen LogP contribution is 2.38. The van der Waals surface area contributed by atoms with Crippen LogP contribution in [0.2, 0.25) is 0 Å². The third-order valence-electron chi connectivity index (χ3n) is 3.58. The van der Waals surface area contributed by atoms with E-state index in [9.17, 15) is 9.18 Å². The molecular formula is C13H16FNO2. The average Bonchev–Trinajstić information content (AvgIpc) is 2.65. The molecule has 3 nitrogen and oxygen atoms in total. The number of nitrogens with two attached hydrogens (primary N) is 1. The van der Waals surface area contributed by atoms with Crippen LogP contribution in [-0.2, 0) is 5.54 Å². The number of hydrogen-bond donors (Lipinski definition) is 2. The summed E-state index contributed by atoms with van der Waals surface area (Å²) >= 11 is 0. The van der Waals surface area contributed by atoms with Crippen molar-refractivity contribution in [3.05, 3.63) is 34.6 Å². The fourth-order valence-electron chi connectivity index (χ4n) is 2.65. The lowest BCUT2D eigenvalue weighted by molar-refractivity contribution is 0.0691. The third kappa shape index (κ3) is 2.05. The van der Waals surface area contributed by atoms with Gasteiger partial charge in [0.25, 0.3) is 0 Å². The molecule has 1 aliphatic carbocycles. The highest BCUT2D eigenvalue weighted by atomic mass is 19.1. The van der Waals surface area contributed by atoms with Gasteiger partial charge in [0.05, 0.1) is 5.56 Å². The molecule has 0 radical (unpaired) electrons. The summed E-state index contributed by atoms with van der Waals surface area (Å²) in [5, 5.41) is 8.93. The highest BCUT2D eigenvalue weighted by Gasteiger charge is 2.33. The van der Waals surface area contributed by atoms with Crippen molar-refractivity contribution in [2.75, 3.05) is 0 Å². The quantitative estimate of drug-likeness (QED) is 0.830. The van der Waals surface area contributed by atoms with E-state index in [-0.39, 0.29) is 5.56 Å². The fraction of sp³-hybridized carbons (Fsp3) is 0.462.